The number of likely N-dealkylation sites (N-methyl/N-ethyl adjacent to an activating group) is 1. The van der Waals surface area contributed by atoms with E-state index in [1.807, 2.05) is 57.2 Å². The molecule has 6 nitrogen and oxygen atoms in total. The van der Waals surface area contributed by atoms with Gasteiger partial charge in [-0.1, -0.05) is 53.5 Å². The van der Waals surface area contributed by atoms with Crippen molar-refractivity contribution >= 4 is 17.5 Å². The van der Waals surface area contributed by atoms with Crippen LogP contribution in [0.2, 0.25) is 5.02 Å². The lowest BCUT2D eigenvalue weighted by atomic mass is 10.1. The van der Waals surface area contributed by atoms with Crippen molar-refractivity contribution in [3.05, 3.63) is 64.5 Å². The second-order valence-electron chi connectivity index (χ2n) is 6.97. The van der Waals surface area contributed by atoms with Gasteiger partial charge in [0.15, 0.2) is 6.10 Å². The number of carbonyl (C=O) groups is 1. The molecule has 0 saturated carbocycles. The highest BCUT2D eigenvalue weighted by Gasteiger charge is 2.24. The van der Waals surface area contributed by atoms with Crippen LogP contribution in [0.5, 0.6) is 5.75 Å². The van der Waals surface area contributed by atoms with Crippen molar-refractivity contribution in [1.82, 2.24) is 15.0 Å². The van der Waals surface area contributed by atoms with Gasteiger partial charge in [-0.05, 0) is 44.0 Å². The zero-order valence-corrected chi connectivity index (χ0v) is 17.7. The van der Waals surface area contributed by atoms with Gasteiger partial charge in [0.25, 0.3) is 5.91 Å². The fraction of sp³-hybridized carbons (Fsp3) is 0.318. The molecule has 0 aliphatic carbocycles. The predicted octanol–water partition coefficient (Wildman–Crippen LogP) is 4.82. The van der Waals surface area contributed by atoms with Gasteiger partial charge in [0, 0.05) is 12.6 Å². The lowest BCUT2D eigenvalue weighted by Crippen LogP contribution is -2.39. The number of halogens is 1. The van der Waals surface area contributed by atoms with E-state index in [9.17, 15) is 4.79 Å². The lowest BCUT2D eigenvalue weighted by molar-refractivity contribution is -0.138. The minimum Gasteiger partial charge on any atom is -0.480 e. The minimum atomic E-state index is -0.590. The number of aryl methyl sites for hydroxylation is 2. The Morgan fingerprint density at radius 2 is 2.00 bits per heavy atom. The van der Waals surface area contributed by atoms with E-state index in [4.69, 9.17) is 20.9 Å². The number of benzene rings is 2. The first kappa shape index (κ1) is 20.9. The molecule has 29 heavy (non-hydrogen) atoms. The standard InChI is InChI=1S/C22H24ClN3O3/c1-5-18(28-19-11-10-14(2)12-15(19)3)22(27)26(4)13-20-24-21(25-29-20)16-8-6-7-9-17(16)23/h6-12,18H,5,13H2,1-4H3/t18-/m0/s1. The first-order valence-corrected chi connectivity index (χ1v) is 9.83. The van der Waals surface area contributed by atoms with Crippen LogP contribution in [0.4, 0.5) is 0 Å². The van der Waals surface area contributed by atoms with Gasteiger partial charge in [-0.3, -0.25) is 4.79 Å². The Labute approximate surface area is 175 Å². The van der Waals surface area contributed by atoms with Gasteiger partial charge in [0.05, 0.1) is 11.6 Å². The summed E-state index contributed by atoms with van der Waals surface area (Å²) in [6.45, 7) is 6.09. The molecule has 1 amide bonds. The van der Waals surface area contributed by atoms with Crippen LogP contribution < -0.4 is 4.74 Å². The third kappa shape index (κ3) is 4.95. The number of hydrogen-bond donors (Lipinski definition) is 0. The summed E-state index contributed by atoms with van der Waals surface area (Å²) in [5, 5.41) is 4.51. The molecule has 0 N–H and O–H groups in total. The van der Waals surface area contributed by atoms with Gasteiger partial charge in [0.1, 0.15) is 5.75 Å². The first-order chi connectivity index (χ1) is 13.9. The zero-order chi connectivity index (χ0) is 21.0. The summed E-state index contributed by atoms with van der Waals surface area (Å²) in [6.07, 6.45) is -0.0436. The van der Waals surface area contributed by atoms with Gasteiger partial charge in [-0.15, -0.1) is 0 Å². The summed E-state index contributed by atoms with van der Waals surface area (Å²) < 4.78 is 11.3. The maximum Gasteiger partial charge on any atom is 0.263 e. The van der Waals surface area contributed by atoms with E-state index < -0.39 is 6.10 Å². The van der Waals surface area contributed by atoms with Crippen LogP contribution in [0.25, 0.3) is 11.4 Å². The van der Waals surface area contributed by atoms with Crippen molar-refractivity contribution in [2.45, 2.75) is 39.8 Å². The van der Waals surface area contributed by atoms with Gasteiger partial charge in [0.2, 0.25) is 11.7 Å². The van der Waals surface area contributed by atoms with E-state index in [1.165, 1.54) is 4.90 Å². The van der Waals surface area contributed by atoms with Crippen molar-refractivity contribution < 1.29 is 14.1 Å². The van der Waals surface area contributed by atoms with E-state index in [0.717, 1.165) is 11.1 Å². The first-order valence-electron chi connectivity index (χ1n) is 9.45. The summed E-state index contributed by atoms with van der Waals surface area (Å²) in [5.41, 5.74) is 2.83. The Morgan fingerprint density at radius 1 is 1.24 bits per heavy atom. The molecule has 0 bridgehead atoms. The van der Waals surface area contributed by atoms with Crippen LogP contribution in [0.1, 0.15) is 30.4 Å². The molecule has 0 saturated heterocycles. The van der Waals surface area contributed by atoms with Crippen molar-refractivity contribution in [3.63, 3.8) is 0 Å². The molecule has 7 heteroatoms. The fourth-order valence-electron chi connectivity index (χ4n) is 2.99. The fourth-order valence-corrected chi connectivity index (χ4v) is 3.21. The van der Waals surface area contributed by atoms with Crippen molar-refractivity contribution in [3.8, 4) is 17.1 Å². The summed E-state index contributed by atoms with van der Waals surface area (Å²) >= 11 is 6.18. The van der Waals surface area contributed by atoms with Crippen molar-refractivity contribution in [2.24, 2.45) is 0 Å². The Kier molecular flexibility index (Phi) is 6.54. The second-order valence-corrected chi connectivity index (χ2v) is 7.38. The van der Waals surface area contributed by atoms with Crippen LogP contribution in [-0.4, -0.2) is 34.1 Å². The monoisotopic (exact) mass is 413 g/mol. The average molecular weight is 414 g/mol. The van der Waals surface area contributed by atoms with E-state index in [1.54, 1.807) is 13.1 Å². The number of nitrogens with zero attached hydrogens (tertiary/aromatic N) is 3. The Balaban J connectivity index is 1.68. The third-order valence-electron chi connectivity index (χ3n) is 4.58. The maximum absolute atomic E-state index is 12.9. The average Bonchev–Trinajstić information content (AvgIpc) is 3.15. The van der Waals surface area contributed by atoms with Gasteiger partial charge in [-0.25, -0.2) is 0 Å². The molecule has 1 heterocycles. The number of rotatable bonds is 7. The maximum atomic E-state index is 12.9. The molecule has 0 fully saturated rings. The van der Waals surface area contributed by atoms with Gasteiger partial charge in [-0.2, -0.15) is 4.98 Å². The summed E-state index contributed by atoms with van der Waals surface area (Å²) in [4.78, 5) is 18.8. The highest BCUT2D eigenvalue weighted by Crippen LogP contribution is 2.25. The van der Waals surface area contributed by atoms with Crippen molar-refractivity contribution in [2.75, 3.05) is 7.05 Å². The lowest BCUT2D eigenvalue weighted by Gasteiger charge is -2.23. The van der Waals surface area contributed by atoms with Crippen molar-refractivity contribution in [1.29, 1.82) is 0 Å². The van der Waals surface area contributed by atoms with Crippen LogP contribution in [-0.2, 0) is 11.3 Å². The SMILES string of the molecule is CC[C@H](Oc1ccc(C)cc1C)C(=O)N(C)Cc1nc(-c2ccccc2Cl)no1. The number of carbonyl (C=O) groups excluding carboxylic acids is 1. The van der Waals surface area contributed by atoms with E-state index in [2.05, 4.69) is 10.1 Å². The molecular formula is C22H24ClN3O3. The van der Waals surface area contributed by atoms with Crippen LogP contribution >= 0.6 is 11.6 Å². The molecule has 0 radical (unpaired) electrons. The van der Waals surface area contributed by atoms with E-state index in [-0.39, 0.29) is 12.5 Å². The summed E-state index contributed by atoms with van der Waals surface area (Å²) in [5.74, 6) is 1.29. The highest BCUT2D eigenvalue weighted by atomic mass is 35.5. The van der Waals surface area contributed by atoms with Gasteiger partial charge < -0.3 is 14.2 Å². The Hall–Kier alpha value is -2.86. The van der Waals surface area contributed by atoms with Crippen LogP contribution in [0, 0.1) is 13.8 Å². The molecule has 0 unspecified atom stereocenters. The molecule has 152 valence electrons. The Morgan fingerprint density at radius 3 is 2.69 bits per heavy atom. The second kappa shape index (κ2) is 9.09. The molecule has 3 rings (SSSR count). The van der Waals surface area contributed by atoms with E-state index in [0.29, 0.717) is 34.5 Å². The van der Waals surface area contributed by atoms with Gasteiger partial charge >= 0.3 is 0 Å². The molecule has 1 atom stereocenters. The van der Waals surface area contributed by atoms with Crippen LogP contribution in [0.15, 0.2) is 47.0 Å². The predicted molar refractivity (Wildman–Crippen MR) is 112 cm³/mol. The molecule has 0 spiro atoms. The minimum absolute atomic E-state index is 0.148. The highest BCUT2D eigenvalue weighted by molar-refractivity contribution is 6.33. The molecule has 2 aromatic carbocycles. The zero-order valence-electron chi connectivity index (χ0n) is 17.0. The molecule has 1 aromatic heterocycles. The Bertz CT molecular complexity index is 1000. The third-order valence-corrected chi connectivity index (χ3v) is 4.91. The number of aromatic nitrogens is 2. The smallest absolute Gasteiger partial charge is 0.263 e. The quantitative estimate of drug-likeness (QED) is 0.555. The molecular weight excluding hydrogens is 390 g/mol. The molecule has 0 aliphatic rings. The largest absolute Gasteiger partial charge is 0.480 e. The number of hydrogen-bond acceptors (Lipinski definition) is 5. The van der Waals surface area contributed by atoms with E-state index >= 15 is 0 Å². The normalized spacial score (nSPS) is 11.9. The molecule has 3 aromatic rings. The number of ether oxygens (including phenoxy) is 1. The number of amides is 1. The summed E-state index contributed by atoms with van der Waals surface area (Å²) in [7, 11) is 1.69. The van der Waals surface area contributed by atoms with Crippen LogP contribution in [0.3, 0.4) is 0 Å². The summed E-state index contributed by atoms with van der Waals surface area (Å²) in [6, 6.07) is 13.2. The molecule has 0 aliphatic heterocycles. The topological polar surface area (TPSA) is 68.5 Å².